The molecule has 0 spiro atoms. The monoisotopic (exact) mass is 299 g/mol. The van der Waals surface area contributed by atoms with Crippen molar-refractivity contribution in [2.75, 3.05) is 11.3 Å². The van der Waals surface area contributed by atoms with Crippen LogP contribution < -0.4 is 4.72 Å². The van der Waals surface area contributed by atoms with Crippen LogP contribution in [0.1, 0.15) is 24.8 Å². The summed E-state index contributed by atoms with van der Waals surface area (Å²) in [6, 6.07) is 0.642. The standard InChI is InChI=1S/C12H17N3O4S/c1-9-6-10(8-13-7-9)14-20(18,19)15-5-3-2-4-11(15)12(16)17/h6-8,11,14H,2-5H2,1H3,(H,16,17). The van der Waals surface area contributed by atoms with Crippen LogP contribution in [0.25, 0.3) is 0 Å². The molecule has 1 aliphatic heterocycles. The topological polar surface area (TPSA) is 99.6 Å². The van der Waals surface area contributed by atoms with Gasteiger partial charge in [0.05, 0.1) is 11.9 Å². The highest BCUT2D eigenvalue weighted by atomic mass is 32.2. The second-order valence-electron chi connectivity index (χ2n) is 4.82. The Morgan fingerprint density at radius 2 is 2.20 bits per heavy atom. The van der Waals surface area contributed by atoms with Crippen molar-refractivity contribution in [3.8, 4) is 0 Å². The molecule has 2 heterocycles. The minimum atomic E-state index is -3.88. The van der Waals surface area contributed by atoms with Gasteiger partial charge < -0.3 is 5.11 Å². The van der Waals surface area contributed by atoms with Gasteiger partial charge in [-0.25, -0.2) is 0 Å². The third kappa shape index (κ3) is 3.26. The fourth-order valence-electron chi connectivity index (χ4n) is 2.26. The van der Waals surface area contributed by atoms with Crippen molar-refractivity contribution in [3.63, 3.8) is 0 Å². The lowest BCUT2D eigenvalue weighted by Gasteiger charge is -2.31. The molecule has 1 aromatic rings. The lowest BCUT2D eigenvalue weighted by atomic mass is 10.1. The molecule has 8 heteroatoms. The average molecular weight is 299 g/mol. The number of nitrogens with one attached hydrogen (secondary N) is 1. The molecule has 0 radical (unpaired) electrons. The summed E-state index contributed by atoms with van der Waals surface area (Å²) < 4.78 is 28.0. The summed E-state index contributed by atoms with van der Waals surface area (Å²) in [6.07, 6.45) is 4.72. The van der Waals surface area contributed by atoms with E-state index in [1.807, 2.05) is 0 Å². The Morgan fingerprint density at radius 3 is 2.85 bits per heavy atom. The third-order valence-electron chi connectivity index (χ3n) is 3.17. The smallest absolute Gasteiger partial charge is 0.322 e. The van der Waals surface area contributed by atoms with E-state index >= 15 is 0 Å². The number of carbonyl (C=O) groups is 1. The summed E-state index contributed by atoms with van der Waals surface area (Å²) >= 11 is 0. The van der Waals surface area contributed by atoms with Gasteiger partial charge in [-0.05, 0) is 37.8 Å². The normalized spacial score (nSPS) is 20.6. The van der Waals surface area contributed by atoms with Gasteiger partial charge in [0, 0.05) is 12.7 Å². The molecule has 0 saturated carbocycles. The van der Waals surface area contributed by atoms with Crippen LogP contribution in [0.3, 0.4) is 0 Å². The van der Waals surface area contributed by atoms with E-state index < -0.39 is 22.2 Å². The van der Waals surface area contributed by atoms with Gasteiger partial charge in [-0.15, -0.1) is 0 Å². The summed E-state index contributed by atoms with van der Waals surface area (Å²) in [5.74, 6) is -1.11. The van der Waals surface area contributed by atoms with Crippen molar-refractivity contribution in [2.45, 2.75) is 32.2 Å². The van der Waals surface area contributed by atoms with Gasteiger partial charge in [-0.1, -0.05) is 0 Å². The lowest BCUT2D eigenvalue weighted by Crippen LogP contribution is -2.49. The Kier molecular flexibility index (Phi) is 4.24. The summed E-state index contributed by atoms with van der Waals surface area (Å²) in [7, 11) is -3.88. The van der Waals surface area contributed by atoms with Crippen molar-refractivity contribution in [1.82, 2.24) is 9.29 Å². The van der Waals surface area contributed by atoms with E-state index in [2.05, 4.69) is 9.71 Å². The van der Waals surface area contributed by atoms with Crippen LogP contribution in [0.4, 0.5) is 5.69 Å². The van der Waals surface area contributed by atoms with E-state index in [1.165, 1.54) is 6.20 Å². The minimum Gasteiger partial charge on any atom is -0.480 e. The van der Waals surface area contributed by atoms with E-state index in [0.29, 0.717) is 18.5 Å². The third-order valence-corrected chi connectivity index (χ3v) is 4.72. The molecule has 2 rings (SSSR count). The summed E-state index contributed by atoms with van der Waals surface area (Å²) in [4.78, 5) is 15.1. The Balaban J connectivity index is 2.22. The molecule has 1 fully saturated rings. The molecule has 0 bridgehead atoms. The number of hydrogen-bond donors (Lipinski definition) is 2. The van der Waals surface area contributed by atoms with E-state index in [0.717, 1.165) is 16.3 Å². The molecule has 1 aliphatic rings. The average Bonchev–Trinajstić information content (AvgIpc) is 2.38. The number of hydrogen-bond acceptors (Lipinski definition) is 4. The Labute approximate surface area is 117 Å². The van der Waals surface area contributed by atoms with Crippen molar-refractivity contribution < 1.29 is 18.3 Å². The maximum absolute atomic E-state index is 12.3. The molecule has 1 aromatic heterocycles. The Morgan fingerprint density at radius 1 is 1.45 bits per heavy atom. The first-order valence-electron chi connectivity index (χ1n) is 6.34. The van der Waals surface area contributed by atoms with Crippen LogP contribution in [-0.4, -0.2) is 41.4 Å². The number of rotatable bonds is 4. The highest BCUT2D eigenvalue weighted by Crippen LogP contribution is 2.22. The first-order chi connectivity index (χ1) is 9.40. The van der Waals surface area contributed by atoms with Crippen molar-refractivity contribution in [2.24, 2.45) is 0 Å². The molecule has 1 saturated heterocycles. The molecule has 0 amide bonds. The fraction of sp³-hybridized carbons (Fsp3) is 0.500. The Hall–Kier alpha value is -1.67. The summed E-state index contributed by atoms with van der Waals surface area (Å²) in [5.41, 5.74) is 1.15. The van der Waals surface area contributed by atoms with Gasteiger partial charge in [-0.2, -0.15) is 12.7 Å². The zero-order valence-electron chi connectivity index (χ0n) is 11.1. The number of piperidine rings is 1. The SMILES string of the molecule is Cc1cncc(NS(=O)(=O)N2CCCCC2C(=O)O)c1. The first-order valence-corrected chi connectivity index (χ1v) is 7.78. The van der Waals surface area contributed by atoms with Gasteiger partial charge in [0.1, 0.15) is 6.04 Å². The quantitative estimate of drug-likeness (QED) is 0.863. The van der Waals surface area contributed by atoms with Crippen LogP contribution in [0.15, 0.2) is 18.5 Å². The maximum atomic E-state index is 12.3. The molecule has 20 heavy (non-hydrogen) atoms. The zero-order chi connectivity index (χ0) is 14.8. The van der Waals surface area contributed by atoms with Crippen LogP contribution >= 0.6 is 0 Å². The van der Waals surface area contributed by atoms with E-state index in [-0.39, 0.29) is 6.54 Å². The van der Waals surface area contributed by atoms with Crippen LogP contribution in [0.5, 0.6) is 0 Å². The van der Waals surface area contributed by atoms with Crippen LogP contribution in [0.2, 0.25) is 0 Å². The van der Waals surface area contributed by atoms with Gasteiger partial charge in [0.15, 0.2) is 0 Å². The van der Waals surface area contributed by atoms with Crippen molar-refractivity contribution in [1.29, 1.82) is 0 Å². The first kappa shape index (κ1) is 14.7. The van der Waals surface area contributed by atoms with Gasteiger partial charge in [0.25, 0.3) is 0 Å². The molecular weight excluding hydrogens is 282 g/mol. The van der Waals surface area contributed by atoms with Gasteiger partial charge in [0.2, 0.25) is 0 Å². The number of carboxylic acids is 1. The second-order valence-corrected chi connectivity index (χ2v) is 6.44. The zero-order valence-corrected chi connectivity index (χ0v) is 11.9. The maximum Gasteiger partial charge on any atom is 0.322 e. The molecule has 0 aliphatic carbocycles. The van der Waals surface area contributed by atoms with E-state index in [4.69, 9.17) is 5.11 Å². The predicted molar refractivity (Wildman–Crippen MR) is 73.5 cm³/mol. The fourth-order valence-corrected chi connectivity index (χ4v) is 3.68. The minimum absolute atomic E-state index is 0.214. The molecule has 0 aromatic carbocycles. The summed E-state index contributed by atoms with van der Waals surface area (Å²) in [6.45, 7) is 2.01. The van der Waals surface area contributed by atoms with Crippen LogP contribution in [0, 0.1) is 6.92 Å². The Bertz CT molecular complexity index is 602. The number of pyridine rings is 1. The number of aromatic nitrogens is 1. The number of anilines is 1. The highest BCUT2D eigenvalue weighted by molar-refractivity contribution is 7.90. The van der Waals surface area contributed by atoms with Crippen molar-refractivity contribution >= 4 is 21.9 Å². The molecule has 110 valence electrons. The molecule has 1 atom stereocenters. The number of aliphatic carboxylic acids is 1. The molecular formula is C12H17N3O4S. The number of nitrogens with zero attached hydrogens (tertiary/aromatic N) is 2. The summed E-state index contributed by atoms with van der Waals surface area (Å²) in [5, 5.41) is 9.14. The van der Waals surface area contributed by atoms with Gasteiger partial charge >= 0.3 is 16.2 Å². The highest BCUT2D eigenvalue weighted by Gasteiger charge is 2.36. The molecule has 7 nitrogen and oxygen atoms in total. The molecule has 1 unspecified atom stereocenters. The van der Waals surface area contributed by atoms with Gasteiger partial charge in [-0.3, -0.25) is 14.5 Å². The second kappa shape index (κ2) is 5.76. The largest absolute Gasteiger partial charge is 0.480 e. The van der Waals surface area contributed by atoms with E-state index in [9.17, 15) is 13.2 Å². The lowest BCUT2D eigenvalue weighted by molar-refractivity contribution is -0.142. The van der Waals surface area contributed by atoms with Crippen molar-refractivity contribution in [3.05, 3.63) is 24.0 Å². The predicted octanol–water partition coefficient (Wildman–Crippen LogP) is 0.986. The number of carboxylic acid groups (broad SMARTS) is 1. The van der Waals surface area contributed by atoms with E-state index in [1.54, 1.807) is 19.2 Å². The number of aryl methyl sites for hydroxylation is 1. The molecule has 2 N–H and O–H groups in total. The van der Waals surface area contributed by atoms with Crippen LogP contribution in [-0.2, 0) is 15.0 Å².